The molecule has 0 aromatic heterocycles. The second kappa shape index (κ2) is 8.49. The monoisotopic (exact) mass is 351 g/mol. The molecule has 1 heterocycles. The van der Waals surface area contributed by atoms with Gasteiger partial charge >= 0.3 is 0 Å². The Morgan fingerprint density at radius 3 is 2.83 bits per heavy atom. The Morgan fingerprint density at radius 2 is 2.17 bits per heavy atom. The lowest BCUT2D eigenvalue weighted by molar-refractivity contribution is -0.139. The molecule has 6 heteroatoms. The predicted octanol–water partition coefficient (Wildman–Crippen LogP) is 2.32. The molecule has 1 aliphatic rings. The third-order valence-electron chi connectivity index (χ3n) is 4.24. The normalized spacial score (nSPS) is 18.7. The van der Waals surface area contributed by atoms with E-state index in [1.165, 1.54) is 0 Å². The smallest absolute Gasteiger partial charge is 0.243 e. The van der Waals surface area contributed by atoms with Crippen LogP contribution in [0, 0.1) is 5.92 Å². The van der Waals surface area contributed by atoms with Crippen molar-refractivity contribution >= 4 is 23.4 Å². The maximum atomic E-state index is 12.5. The highest BCUT2D eigenvalue weighted by atomic mass is 35.5. The summed E-state index contributed by atoms with van der Waals surface area (Å²) in [5.41, 5.74) is 6.94. The fraction of sp³-hybridized carbons (Fsp3) is 0.556. The molecule has 0 bridgehead atoms. The first kappa shape index (κ1) is 18.7. The molecular formula is C18H26ClN3O2. The molecule has 3 N–H and O–H groups in total. The first-order valence-electron chi connectivity index (χ1n) is 8.46. The van der Waals surface area contributed by atoms with E-state index in [2.05, 4.69) is 5.32 Å². The molecule has 1 unspecified atom stereocenters. The summed E-state index contributed by atoms with van der Waals surface area (Å²) >= 11 is 5.95. The zero-order valence-corrected chi connectivity index (χ0v) is 15.1. The van der Waals surface area contributed by atoms with Crippen LogP contribution in [0.5, 0.6) is 0 Å². The van der Waals surface area contributed by atoms with E-state index in [0.29, 0.717) is 36.9 Å². The van der Waals surface area contributed by atoms with Crippen LogP contribution < -0.4 is 11.1 Å². The van der Waals surface area contributed by atoms with Gasteiger partial charge in [-0.2, -0.15) is 0 Å². The molecule has 1 fully saturated rings. The van der Waals surface area contributed by atoms with E-state index >= 15 is 0 Å². The summed E-state index contributed by atoms with van der Waals surface area (Å²) in [4.78, 5) is 26.6. The van der Waals surface area contributed by atoms with Crippen LogP contribution in [-0.2, 0) is 16.1 Å². The summed E-state index contributed by atoms with van der Waals surface area (Å²) in [5, 5.41) is 3.54. The molecule has 24 heavy (non-hydrogen) atoms. The lowest BCUT2D eigenvalue weighted by Crippen LogP contribution is -2.51. The predicted molar refractivity (Wildman–Crippen MR) is 95.5 cm³/mol. The fourth-order valence-electron chi connectivity index (χ4n) is 3.08. The third kappa shape index (κ3) is 4.95. The number of nitrogens with one attached hydrogen (secondary N) is 1. The quantitative estimate of drug-likeness (QED) is 0.825. The second-order valence-corrected chi connectivity index (χ2v) is 7.21. The van der Waals surface area contributed by atoms with E-state index in [0.717, 1.165) is 12.0 Å². The number of rotatable bonds is 6. The molecule has 2 amide bonds. The minimum atomic E-state index is -0.536. The Hall–Kier alpha value is -1.59. The highest BCUT2D eigenvalue weighted by Gasteiger charge is 2.36. The van der Waals surface area contributed by atoms with Crippen molar-refractivity contribution in [3.8, 4) is 0 Å². The van der Waals surface area contributed by atoms with Crippen LogP contribution in [-0.4, -0.2) is 35.3 Å². The highest BCUT2D eigenvalue weighted by Crippen LogP contribution is 2.20. The molecule has 1 saturated heterocycles. The van der Waals surface area contributed by atoms with Crippen LogP contribution in [0.3, 0.4) is 0 Å². The van der Waals surface area contributed by atoms with Gasteiger partial charge in [0.15, 0.2) is 0 Å². The Balaban J connectivity index is 1.94. The maximum Gasteiger partial charge on any atom is 0.243 e. The molecule has 1 aliphatic heterocycles. The van der Waals surface area contributed by atoms with Gasteiger partial charge in [-0.15, -0.1) is 0 Å². The molecule has 0 aliphatic carbocycles. The third-order valence-corrected chi connectivity index (χ3v) is 4.47. The highest BCUT2D eigenvalue weighted by molar-refractivity contribution is 6.30. The van der Waals surface area contributed by atoms with Gasteiger partial charge in [-0.25, -0.2) is 0 Å². The zero-order chi connectivity index (χ0) is 17.7. The van der Waals surface area contributed by atoms with Gasteiger partial charge in [-0.3, -0.25) is 9.59 Å². The average molecular weight is 352 g/mol. The first-order chi connectivity index (χ1) is 11.4. The molecule has 1 aromatic rings. The molecule has 2 atom stereocenters. The Bertz CT molecular complexity index is 591. The molecule has 2 rings (SSSR count). The SMILES string of the molecule is CC(C)CC(N)C(=O)N1CCC[C@H]1C(=O)NCc1cccc(Cl)c1. The maximum absolute atomic E-state index is 12.5. The van der Waals surface area contributed by atoms with Crippen molar-refractivity contribution in [1.29, 1.82) is 0 Å². The summed E-state index contributed by atoms with van der Waals surface area (Å²) < 4.78 is 0. The Morgan fingerprint density at radius 1 is 1.42 bits per heavy atom. The van der Waals surface area contributed by atoms with Crippen molar-refractivity contribution in [3.05, 3.63) is 34.9 Å². The number of hydrogen-bond acceptors (Lipinski definition) is 3. The minimum Gasteiger partial charge on any atom is -0.350 e. The molecule has 0 saturated carbocycles. The number of amides is 2. The van der Waals surface area contributed by atoms with Crippen molar-refractivity contribution in [2.45, 2.75) is 51.7 Å². The topological polar surface area (TPSA) is 75.4 Å². The first-order valence-corrected chi connectivity index (χ1v) is 8.84. The van der Waals surface area contributed by atoms with Gasteiger partial charge in [0, 0.05) is 18.1 Å². The van der Waals surface area contributed by atoms with Crippen molar-refractivity contribution < 1.29 is 9.59 Å². The summed E-state index contributed by atoms with van der Waals surface area (Å²) in [6.07, 6.45) is 2.14. The molecule has 5 nitrogen and oxygen atoms in total. The largest absolute Gasteiger partial charge is 0.350 e. The molecule has 132 valence electrons. The average Bonchev–Trinajstić information content (AvgIpc) is 3.00. The number of carbonyl (C=O) groups is 2. The van der Waals surface area contributed by atoms with Gasteiger partial charge in [-0.05, 0) is 42.9 Å². The van der Waals surface area contributed by atoms with E-state index in [4.69, 9.17) is 17.3 Å². The summed E-state index contributed by atoms with van der Waals surface area (Å²) in [7, 11) is 0. The number of carbonyl (C=O) groups excluding carboxylic acids is 2. The van der Waals surface area contributed by atoms with Gasteiger partial charge in [-0.1, -0.05) is 37.6 Å². The minimum absolute atomic E-state index is 0.121. The number of hydrogen-bond donors (Lipinski definition) is 2. The van der Waals surface area contributed by atoms with Gasteiger partial charge in [0.25, 0.3) is 0 Å². The second-order valence-electron chi connectivity index (χ2n) is 6.77. The van der Waals surface area contributed by atoms with Crippen molar-refractivity contribution in [1.82, 2.24) is 10.2 Å². The summed E-state index contributed by atoms with van der Waals surface area (Å²) in [5.74, 6) is 0.100. The Kier molecular flexibility index (Phi) is 6.63. The van der Waals surface area contributed by atoms with Crippen molar-refractivity contribution in [2.75, 3.05) is 6.54 Å². The van der Waals surface area contributed by atoms with Crippen LogP contribution in [0.25, 0.3) is 0 Å². The van der Waals surface area contributed by atoms with Gasteiger partial charge < -0.3 is 16.0 Å². The summed E-state index contributed by atoms with van der Waals surface area (Å²) in [6.45, 7) is 5.06. The van der Waals surface area contributed by atoms with Crippen LogP contribution in [0.15, 0.2) is 24.3 Å². The molecule has 0 radical (unpaired) electrons. The van der Waals surface area contributed by atoms with Gasteiger partial charge in [0.1, 0.15) is 6.04 Å². The number of nitrogens with zero attached hydrogens (tertiary/aromatic N) is 1. The summed E-state index contributed by atoms with van der Waals surface area (Å²) in [6, 6.07) is 6.40. The van der Waals surface area contributed by atoms with Crippen molar-refractivity contribution in [3.63, 3.8) is 0 Å². The molecule has 1 aromatic carbocycles. The fourth-order valence-corrected chi connectivity index (χ4v) is 3.29. The number of likely N-dealkylation sites (tertiary alicyclic amines) is 1. The number of benzene rings is 1. The van der Waals surface area contributed by atoms with Crippen LogP contribution in [0.4, 0.5) is 0 Å². The molecule has 0 spiro atoms. The van der Waals surface area contributed by atoms with Crippen LogP contribution >= 0.6 is 11.6 Å². The van der Waals surface area contributed by atoms with E-state index in [9.17, 15) is 9.59 Å². The van der Waals surface area contributed by atoms with E-state index in [1.54, 1.807) is 11.0 Å². The van der Waals surface area contributed by atoms with Crippen LogP contribution in [0.1, 0.15) is 38.7 Å². The van der Waals surface area contributed by atoms with Crippen molar-refractivity contribution in [2.24, 2.45) is 11.7 Å². The zero-order valence-electron chi connectivity index (χ0n) is 14.3. The van der Waals surface area contributed by atoms with Gasteiger partial charge in [0.05, 0.1) is 6.04 Å². The van der Waals surface area contributed by atoms with E-state index in [1.807, 2.05) is 32.0 Å². The lowest BCUT2D eigenvalue weighted by atomic mass is 10.0. The number of nitrogens with two attached hydrogens (primary N) is 1. The van der Waals surface area contributed by atoms with Crippen LogP contribution in [0.2, 0.25) is 5.02 Å². The number of halogens is 1. The Labute approximate surface area is 148 Å². The standard InChI is InChI=1S/C18H26ClN3O2/c1-12(2)9-15(20)18(24)22-8-4-7-16(22)17(23)21-11-13-5-3-6-14(19)10-13/h3,5-6,10,12,15-16H,4,7-9,11,20H2,1-2H3,(H,21,23)/t15?,16-/m0/s1. The lowest BCUT2D eigenvalue weighted by Gasteiger charge is -2.27. The molecular weight excluding hydrogens is 326 g/mol. The van der Waals surface area contributed by atoms with Gasteiger partial charge in [0.2, 0.25) is 11.8 Å². The van der Waals surface area contributed by atoms with E-state index < -0.39 is 12.1 Å². The van der Waals surface area contributed by atoms with E-state index in [-0.39, 0.29) is 11.8 Å².